The highest BCUT2D eigenvalue weighted by Crippen LogP contribution is 2.26. The summed E-state index contributed by atoms with van der Waals surface area (Å²) in [6.45, 7) is 9.31. The van der Waals surface area contributed by atoms with E-state index in [9.17, 15) is 0 Å². The third-order valence-electron chi connectivity index (χ3n) is 3.70. The van der Waals surface area contributed by atoms with Crippen molar-refractivity contribution < 1.29 is 0 Å². The second-order valence-corrected chi connectivity index (χ2v) is 7.11. The molecule has 2 unspecified atom stereocenters. The Balaban J connectivity index is 1.83. The molecular weight excluding hydrogens is 308 g/mol. The van der Waals surface area contributed by atoms with Gasteiger partial charge in [-0.25, -0.2) is 0 Å². The lowest BCUT2D eigenvalue weighted by Crippen LogP contribution is -2.48. The summed E-state index contributed by atoms with van der Waals surface area (Å²) < 4.78 is 1.27. The maximum atomic E-state index is 3.68. The van der Waals surface area contributed by atoms with Crippen LogP contribution in [0.15, 0.2) is 15.9 Å². The summed E-state index contributed by atoms with van der Waals surface area (Å²) in [6.07, 6.45) is 2.51. The van der Waals surface area contributed by atoms with Gasteiger partial charge in [0.15, 0.2) is 0 Å². The minimum absolute atomic E-state index is 0.716. The highest BCUT2D eigenvalue weighted by Gasteiger charge is 2.25. The van der Waals surface area contributed by atoms with Crippen molar-refractivity contribution in [2.24, 2.45) is 5.92 Å². The molecule has 0 amide bonds. The van der Waals surface area contributed by atoms with Crippen LogP contribution in [-0.4, -0.2) is 30.6 Å². The van der Waals surface area contributed by atoms with Crippen LogP contribution in [0.1, 0.15) is 31.6 Å². The molecule has 0 spiro atoms. The minimum atomic E-state index is 0.716. The number of likely N-dealkylation sites (tertiary alicyclic amines) is 1. The summed E-state index contributed by atoms with van der Waals surface area (Å²) in [4.78, 5) is 4.05. The van der Waals surface area contributed by atoms with Crippen LogP contribution in [0.25, 0.3) is 0 Å². The van der Waals surface area contributed by atoms with Crippen LogP contribution in [0, 0.1) is 5.92 Å². The maximum Gasteiger partial charge on any atom is 0.0339 e. The molecule has 2 atom stereocenters. The Morgan fingerprint density at radius 3 is 3.00 bits per heavy atom. The maximum absolute atomic E-state index is 3.68. The molecular formula is C14H23BrN2S. The highest BCUT2D eigenvalue weighted by atomic mass is 79.9. The second kappa shape index (κ2) is 7.04. The number of nitrogens with zero attached hydrogens (tertiary/aromatic N) is 1. The molecule has 1 aliphatic rings. The lowest BCUT2D eigenvalue weighted by Gasteiger charge is -2.37. The molecule has 0 aromatic carbocycles. The third-order valence-corrected chi connectivity index (χ3v) is 5.62. The first-order chi connectivity index (χ1) is 8.70. The predicted molar refractivity (Wildman–Crippen MR) is 83.2 cm³/mol. The molecule has 1 fully saturated rings. The van der Waals surface area contributed by atoms with Crippen LogP contribution >= 0.6 is 27.3 Å². The van der Waals surface area contributed by atoms with Crippen molar-refractivity contribution in [3.8, 4) is 0 Å². The smallest absolute Gasteiger partial charge is 0.0339 e. The SMILES string of the molecule is CCCNC1CCN(Cc2sccc2Br)CC1C. The first kappa shape index (κ1) is 14.5. The number of rotatable bonds is 5. The molecule has 4 heteroatoms. The van der Waals surface area contributed by atoms with Crippen molar-refractivity contribution >= 4 is 27.3 Å². The number of thiophene rings is 1. The standard InChI is InChI=1S/C14H23BrN2S/c1-3-6-16-13-4-7-17(9-11(13)2)10-14-12(15)5-8-18-14/h5,8,11,13,16H,3-4,6-7,9-10H2,1-2H3. The highest BCUT2D eigenvalue weighted by molar-refractivity contribution is 9.10. The summed E-state index contributed by atoms with van der Waals surface area (Å²) in [5, 5.41) is 5.84. The number of nitrogens with one attached hydrogen (secondary N) is 1. The molecule has 2 nitrogen and oxygen atoms in total. The van der Waals surface area contributed by atoms with Gasteiger partial charge in [0.1, 0.15) is 0 Å². The fraction of sp³-hybridized carbons (Fsp3) is 0.714. The van der Waals surface area contributed by atoms with Crippen molar-refractivity contribution in [1.82, 2.24) is 10.2 Å². The van der Waals surface area contributed by atoms with Crippen LogP contribution in [0.4, 0.5) is 0 Å². The van der Waals surface area contributed by atoms with Crippen LogP contribution in [0.5, 0.6) is 0 Å². The molecule has 1 aromatic rings. The fourth-order valence-electron chi connectivity index (χ4n) is 2.65. The van der Waals surface area contributed by atoms with Gasteiger partial charge in [0.2, 0.25) is 0 Å². The summed E-state index contributed by atoms with van der Waals surface area (Å²) >= 11 is 5.48. The molecule has 1 aromatic heterocycles. The van der Waals surface area contributed by atoms with E-state index in [2.05, 4.69) is 51.4 Å². The number of halogens is 1. The van der Waals surface area contributed by atoms with Gasteiger partial charge in [-0.1, -0.05) is 13.8 Å². The van der Waals surface area contributed by atoms with Gasteiger partial charge in [0.05, 0.1) is 0 Å². The predicted octanol–water partition coefficient (Wildman–Crippen LogP) is 3.72. The topological polar surface area (TPSA) is 15.3 Å². The van der Waals surface area contributed by atoms with Crippen LogP contribution in [0.2, 0.25) is 0 Å². The van der Waals surface area contributed by atoms with Gasteiger partial charge in [-0.3, -0.25) is 4.90 Å². The third kappa shape index (κ3) is 3.80. The summed E-state index contributed by atoms with van der Waals surface area (Å²) in [7, 11) is 0. The lowest BCUT2D eigenvalue weighted by molar-refractivity contribution is 0.142. The van der Waals surface area contributed by atoms with Gasteiger partial charge in [-0.2, -0.15) is 0 Å². The summed E-state index contributed by atoms with van der Waals surface area (Å²) in [5.74, 6) is 0.754. The molecule has 0 saturated carbocycles. The van der Waals surface area contributed by atoms with Gasteiger partial charge < -0.3 is 5.32 Å². The Hall–Kier alpha value is 0.100. The Labute approximate surface area is 123 Å². The van der Waals surface area contributed by atoms with Crippen molar-refractivity contribution in [3.63, 3.8) is 0 Å². The first-order valence-electron chi connectivity index (χ1n) is 6.88. The Kier molecular flexibility index (Phi) is 5.67. The van der Waals surface area contributed by atoms with Crippen LogP contribution in [-0.2, 0) is 6.54 Å². The first-order valence-corrected chi connectivity index (χ1v) is 8.55. The lowest BCUT2D eigenvalue weighted by atomic mass is 9.93. The molecule has 1 aliphatic heterocycles. The normalized spacial score (nSPS) is 25.5. The molecule has 2 rings (SSSR count). The molecule has 2 heterocycles. The van der Waals surface area contributed by atoms with Gasteiger partial charge in [0, 0.05) is 35.0 Å². The van der Waals surface area contributed by atoms with Crippen molar-refractivity contribution in [2.75, 3.05) is 19.6 Å². The fourth-order valence-corrected chi connectivity index (χ4v) is 4.17. The summed E-state index contributed by atoms with van der Waals surface area (Å²) in [6, 6.07) is 2.87. The minimum Gasteiger partial charge on any atom is -0.314 e. The van der Waals surface area contributed by atoms with Crippen molar-refractivity contribution in [2.45, 2.75) is 39.3 Å². The summed E-state index contributed by atoms with van der Waals surface area (Å²) in [5.41, 5.74) is 0. The monoisotopic (exact) mass is 330 g/mol. The van der Waals surface area contributed by atoms with E-state index < -0.39 is 0 Å². The molecule has 18 heavy (non-hydrogen) atoms. The molecule has 0 radical (unpaired) electrons. The van der Waals surface area contributed by atoms with E-state index in [1.165, 1.54) is 35.3 Å². The van der Waals surface area contributed by atoms with E-state index >= 15 is 0 Å². The van der Waals surface area contributed by atoms with Crippen molar-refractivity contribution in [1.29, 1.82) is 0 Å². The molecule has 102 valence electrons. The van der Waals surface area contributed by atoms with E-state index in [1.807, 2.05) is 11.3 Å². The zero-order chi connectivity index (χ0) is 13.0. The molecule has 1 N–H and O–H groups in total. The van der Waals surface area contributed by atoms with Gasteiger partial charge in [-0.15, -0.1) is 11.3 Å². The Morgan fingerprint density at radius 1 is 1.56 bits per heavy atom. The zero-order valence-corrected chi connectivity index (χ0v) is 13.7. The zero-order valence-electron chi connectivity index (χ0n) is 11.3. The number of piperidine rings is 1. The second-order valence-electron chi connectivity index (χ2n) is 5.25. The van der Waals surface area contributed by atoms with E-state index in [4.69, 9.17) is 0 Å². The quantitative estimate of drug-likeness (QED) is 0.885. The largest absolute Gasteiger partial charge is 0.314 e. The molecule has 1 saturated heterocycles. The van der Waals surface area contributed by atoms with Crippen LogP contribution < -0.4 is 5.32 Å². The Bertz CT molecular complexity index is 366. The van der Waals surface area contributed by atoms with E-state index in [1.54, 1.807) is 0 Å². The molecule has 0 aliphatic carbocycles. The van der Waals surface area contributed by atoms with Gasteiger partial charge in [-0.05, 0) is 52.7 Å². The van der Waals surface area contributed by atoms with Crippen molar-refractivity contribution in [3.05, 3.63) is 20.8 Å². The van der Waals surface area contributed by atoms with E-state index in [0.29, 0.717) is 6.04 Å². The van der Waals surface area contributed by atoms with Gasteiger partial charge >= 0.3 is 0 Å². The number of hydrogen-bond donors (Lipinski definition) is 1. The molecule has 0 bridgehead atoms. The average molecular weight is 331 g/mol. The number of hydrogen-bond acceptors (Lipinski definition) is 3. The average Bonchev–Trinajstić information content (AvgIpc) is 2.74. The van der Waals surface area contributed by atoms with Gasteiger partial charge in [0.25, 0.3) is 0 Å². The van der Waals surface area contributed by atoms with E-state index in [0.717, 1.165) is 19.0 Å². The Morgan fingerprint density at radius 2 is 2.39 bits per heavy atom. The van der Waals surface area contributed by atoms with E-state index in [-0.39, 0.29) is 0 Å². The van der Waals surface area contributed by atoms with Crippen LogP contribution in [0.3, 0.4) is 0 Å².